The predicted molar refractivity (Wildman–Crippen MR) is 40.6 cm³/mol. The van der Waals surface area contributed by atoms with Crippen molar-refractivity contribution in [2.45, 2.75) is 0 Å². The highest BCUT2D eigenvalue weighted by Crippen LogP contribution is 0.000600. The third kappa shape index (κ3) is 9.99. The molecule has 0 amide bonds. The first-order valence-corrected chi connectivity index (χ1v) is 0. The van der Waals surface area contributed by atoms with Gasteiger partial charge in [-0.1, -0.05) is 0 Å². The molecule has 0 saturated carbocycles. The number of rotatable bonds is 0. The summed E-state index contributed by atoms with van der Waals surface area (Å²) in [6.07, 6.45) is 0. The van der Waals surface area contributed by atoms with Crippen molar-refractivity contribution in [1.29, 1.82) is 0 Å². The zero-order valence-electron chi connectivity index (χ0n) is 2.23. The molecule has 0 N–H and O–H groups in total. The molecule has 32 valence electrons. The minimum absolute atomic E-state index is 0. The highest BCUT2D eigenvalue weighted by atomic mass is 32.1. The summed E-state index contributed by atoms with van der Waals surface area (Å²) < 4.78 is 0. The molecule has 0 radical (unpaired) electrons. The lowest BCUT2D eigenvalue weighted by molar-refractivity contribution is 7.36. The molecule has 0 aliphatic carbocycles. The summed E-state index contributed by atoms with van der Waals surface area (Å²) in [6.45, 7) is 0. The third-order valence-electron chi connectivity index (χ3n) is 0. The second-order valence-corrected chi connectivity index (χ2v) is 0. The summed E-state index contributed by atoms with van der Waals surface area (Å²) in [6, 6.07) is 0. The molecule has 0 atom stereocenters. The predicted octanol–water partition coefficient (Wildman–Crippen LogP) is -2.15. The zero-order chi connectivity index (χ0) is 0. The van der Waals surface area contributed by atoms with Crippen molar-refractivity contribution in [2.75, 3.05) is 0 Å². The average Bonchev–Trinajstić information content (AvgIpc) is 0. The maximum atomic E-state index is 0. The smallest absolute Gasteiger partial charge is 0.210 e. The molecule has 0 aliphatic heterocycles. The van der Waals surface area contributed by atoms with E-state index in [1.54, 1.807) is 0 Å². The fourth-order valence-electron chi connectivity index (χ4n) is 0. The largest absolute Gasteiger partial charge is 2.00 e. The van der Waals surface area contributed by atoms with Crippen LogP contribution < -0.4 is 0 Å². The van der Waals surface area contributed by atoms with Gasteiger partial charge in [0.25, 0.3) is 0 Å². The van der Waals surface area contributed by atoms with E-state index in [1.165, 1.54) is 0 Å². The third-order valence-corrected chi connectivity index (χ3v) is 0. The molecule has 0 bridgehead atoms. The van der Waals surface area contributed by atoms with Crippen LogP contribution in [0.2, 0.25) is 0 Å². The maximum Gasteiger partial charge on any atom is -0.210 e. The van der Waals surface area contributed by atoms with E-state index in [0.29, 0.717) is 0 Å². The van der Waals surface area contributed by atoms with Crippen LogP contribution in [0.4, 0.5) is 0 Å². The summed E-state index contributed by atoms with van der Waals surface area (Å²) in [4.78, 5) is 0. The van der Waals surface area contributed by atoms with Crippen LogP contribution >= 0.6 is 0 Å². The standard InChI is InChI=1S/2H4S.2S/h2*1H4;;/q2*+2;2*-2. The van der Waals surface area contributed by atoms with Gasteiger partial charge < -0.3 is 27.0 Å². The quantitative estimate of drug-likeness (QED) is 0.356. The van der Waals surface area contributed by atoms with Gasteiger partial charge in [0.2, 0.25) is 0 Å². The van der Waals surface area contributed by atoms with Crippen LogP contribution in [0.5, 0.6) is 0 Å². The van der Waals surface area contributed by atoms with E-state index < -0.39 is 0 Å². The van der Waals surface area contributed by atoms with Gasteiger partial charge in [-0.05, 0) is 0 Å². The van der Waals surface area contributed by atoms with Gasteiger partial charge in [0.05, 0.1) is 0 Å². The lowest BCUT2D eigenvalue weighted by atomic mass is 32.1. The first-order chi connectivity index (χ1) is 0. The van der Waals surface area contributed by atoms with E-state index >= 15 is 0 Å². The van der Waals surface area contributed by atoms with E-state index in [1.807, 2.05) is 0 Å². The normalized spacial score (nSPS) is 0. The number of hydrogen-bond acceptors (Lipinski definition) is 0. The van der Waals surface area contributed by atoms with E-state index in [2.05, 4.69) is 0 Å². The molecular weight excluding hydrogens is 128 g/mol. The molecule has 0 aromatic carbocycles. The van der Waals surface area contributed by atoms with Crippen molar-refractivity contribution in [1.82, 2.24) is 0 Å². The molecule has 0 heterocycles. The second kappa shape index (κ2) is 26.0. The van der Waals surface area contributed by atoms with E-state index in [0.717, 1.165) is 0 Å². The van der Waals surface area contributed by atoms with Crippen LogP contribution in [0.1, 0.15) is 0 Å². The first kappa shape index (κ1) is 53.3. The fraction of sp³-hybridized carbons (Fsp3) is 0. The molecule has 0 fully saturated rings. The summed E-state index contributed by atoms with van der Waals surface area (Å²) in [5.41, 5.74) is 0. The fourth-order valence-corrected chi connectivity index (χ4v) is 0. The van der Waals surface area contributed by atoms with Crippen LogP contribution in [0, 0.1) is 0 Å². The van der Waals surface area contributed by atoms with Gasteiger partial charge in [-0.2, -0.15) is 0 Å². The van der Waals surface area contributed by atoms with Gasteiger partial charge in [-0.3, -0.25) is 0 Å². The van der Waals surface area contributed by atoms with Crippen molar-refractivity contribution in [3.8, 4) is 0 Å². The van der Waals surface area contributed by atoms with E-state index in [4.69, 9.17) is 0 Å². The maximum absolute atomic E-state index is 0. The molecule has 0 saturated heterocycles. The van der Waals surface area contributed by atoms with Crippen molar-refractivity contribution in [3.05, 3.63) is 0 Å². The second-order valence-electron chi connectivity index (χ2n) is 0. The molecular formula is H8S4. The van der Waals surface area contributed by atoms with Gasteiger partial charge in [0, 0.05) is 0 Å². The Labute approximate surface area is 54.1 Å². The first-order valence-electron chi connectivity index (χ1n) is 0. The van der Waals surface area contributed by atoms with Gasteiger partial charge >= 0.3 is 0 Å². The summed E-state index contributed by atoms with van der Waals surface area (Å²) in [5.74, 6) is 0. The number of hydrogen-bond donors (Lipinski definition) is 0. The molecule has 0 unspecified atom stereocenters. The van der Waals surface area contributed by atoms with Crippen molar-refractivity contribution in [2.24, 2.45) is 0 Å². The lowest BCUT2D eigenvalue weighted by Crippen LogP contribution is -0.00340. The van der Waals surface area contributed by atoms with Crippen molar-refractivity contribution >= 4 is 54.0 Å². The van der Waals surface area contributed by atoms with Crippen molar-refractivity contribution < 1.29 is 0 Å². The summed E-state index contributed by atoms with van der Waals surface area (Å²) in [5, 5.41) is 0. The van der Waals surface area contributed by atoms with Crippen LogP contribution in [0.15, 0.2) is 0 Å². The summed E-state index contributed by atoms with van der Waals surface area (Å²) >= 11 is 0. The molecule has 0 nitrogen and oxygen atoms in total. The monoisotopic (exact) mass is 136 g/mol. The van der Waals surface area contributed by atoms with Crippen LogP contribution in [-0.4, -0.2) is 0 Å². The van der Waals surface area contributed by atoms with Crippen molar-refractivity contribution in [3.63, 3.8) is 0 Å². The lowest BCUT2D eigenvalue weighted by Gasteiger charge is -2.00. The van der Waals surface area contributed by atoms with Crippen LogP contribution in [-0.2, 0) is 54.0 Å². The molecule has 4 heavy (non-hydrogen) atoms. The summed E-state index contributed by atoms with van der Waals surface area (Å²) in [7, 11) is 0. The topological polar surface area (TPSA) is 0 Å². The van der Waals surface area contributed by atoms with E-state index in [9.17, 15) is 0 Å². The molecule has 0 aromatic rings. The molecule has 0 rings (SSSR count). The molecule has 0 aliphatic rings. The van der Waals surface area contributed by atoms with Gasteiger partial charge in [0.1, 0.15) is 0 Å². The van der Waals surface area contributed by atoms with E-state index in [-0.39, 0.29) is 54.0 Å². The highest BCUT2D eigenvalue weighted by molar-refractivity contribution is 7.37. The Morgan fingerprint density at radius 1 is 0.500 bits per heavy atom. The minimum Gasteiger partial charge on any atom is -2.00 e. The van der Waals surface area contributed by atoms with Gasteiger partial charge in [-0.25, -0.2) is 27.0 Å². The molecule has 0 spiro atoms. The Balaban J connectivity index is 0. The minimum atomic E-state index is 0. The molecule has 4 heteroatoms. The Kier molecular flexibility index (Phi) is 346. The van der Waals surface area contributed by atoms with Gasteiger partial charge in [-0.15, -0.1) is 0 Å². The van der Waals surface area contributed by atoms with Crippen LogP contribution in [0.25, 0.3) is 0 Å². The van der Waals surface area contributed by atoms with Crippen LogP contribution in [0.3, 0.4) is 0 Å². The Morgan fingerprint density at radius 2 is 0.500 bits per heavy atom. The average molecular weight is 136 g/mol. The Morgan fingerprint density at radius 3 is 0.500 bits per heavy atom. The SMILES string of the molecule is [S-2].[S-2].[SH4+2].[SH4+2]. The zero-order valence-corrected chi connectivity index (χ0v) is 6.69. The Hall–Kier alpha value is 1.40. The highest BCUT2D eigenvalue weighted by Gasteiger charge is -0.209. The Bertz CT molecular complexity index is 0. The van der Waals surface area contributed by atoms with Gasteiger partial charge in [0.15, 0.2) is 0 Å². The molecule has 0 aromatic heterocycles.